The first-order valence-electron chi connectivity index (χ1n) is 6.15. The molecule has 20 heavy (non-hydrogen) atoms. The molecule has 0 aromatic heterocycles. The average Bonchev–Trinajstić information content (AvgIpc) is 2.77. The topological polar surface area (TPSA) is 61.4 Å². The van der Waals surface area contributed by atoms with E-state index in [2.05, 4.69) is 26.6 Å². The van der Waals surface area contributed by atoms with Crippen LogP contribution in [0.3, 0.4) is 0 Å². The minimum absolute atomic E-state index is 0. The third-order valence-electron chi connectivity index (χ3n) is 3.21. The van der Waals surface area contributed by atoms with Crippen LogP contribution in [0.2, 0.25) is 0 Å². The van der Waals surface area contributed by atoms with Crippen molar-refractivity contribution in [1.82, 2.24) is 10.6 Å². The second-order valence-corrected chi connectivity index (χ2v) is 5.57. The summed E-state index contributed by atoms with van der Waals surface area (Å²) in [5.41, 5.74) is 0.746. The van der Waals surface area contributed by atoms with Gasteiger partial charge in [-0.2, -0.15) is 0 Å². The Morgan fingerprint density at radius 3 is 2.85 bits per heavy atom. The molecule has 0 bridgehead atoms. The number of carbonyl (C=O) groups is 1. The van der Waals surface area contributed by atoms with Crippen molar-refractivity contribution >= 4 is 34.2 Å². The number of aliphatic hydroxyl groups is 1. The molecule has 0 saturated carbocycles. The molecular formula is C13H17BrClFN2O2. The normalized spacial score (nSPS) is 21.4. The van der Waals surface area contributed by atoms with Crippen LogP contribution in [-0.4, -0.2) is 36.8 Å². The summed E-state index contributed by atoms with van der Waals surface area (Å²) in [6.45, 7) is 1.74. The molecule has 1 aromatic rings. The van der Waals surface area contributed by atoms with Gasteiger partial charge in [-0.3, -0.25) is 4.79 Å². The molecule has 2 unspecified atom stereocenters. The highest BCUT2D eigenvalue weighted by molar-refractivity contribution is 9.10. The van der Waals surface area contributed by atoms with Gasteiger partial charge in [-0.15, -0.1) is 12.4 Å². The summed E-state index contributed by atoms with van der Waals surface area (Å²) in [6, 6.07) is 4.52. The highest BCUT2D eigenvalue weighted by Gasteiger charge is 2.24. The second-order valence-electron chi connectivity index (χ2n) is 4.71. The summed E-state index contributed by atoms with van der Waals surface area (Å²) in [5, 5.41) is 15.4. The zero-order valence-corrected chi connectivity index (χ0v) is 13.1. The van der Waals surface area contributed by atoms with Crippen LogP contribution < -0.4 is 10.6 Å². The second kappa shape index (κ2) is 7.93. The summed E-state index contributed by atoms with van der Waals surface area (Å²) >= 11 is 3.09. The molecule has 1 aliphatic heterocycles. The number of hydrogen-bond donors (Lipinski definition) is 3. The summed E-state index contributed by atoms with van der Waals surface area (Å²) in [6.07, 6.45) is -0.199. The Morgan fingerprint density at radius 1 is 1.50 bits per heavy atom. The Labute approximate surface area is 131 Å². The van der Waals surface area contributed by atoms with Crippen LogP contribution in [0.4, 0.5) is 4.39 Å². The number of aliphatic hydroxyl groups excluding tert-OH is 1. The third-order valence-corrected chi connectivity index (χ3v) is 3.82. The van der Waals surface area contributed by atoms with Gasteiger partial charge in [-0.25, -0.2) is 4.39 Å². The molecule has 3 N–H and O–H groups in total. The largest absolute Gasteiger partial charge is 0.391 e. The Hall–Kier alpha value is -0.690. The smallest absolute Gasteiger partial charge is 0.224 e. The molecule has 0 aliphatic carbocycles. The van der Waals surface area contributed by atoms with Gasteiger partial charge in [-0.1, -0.05) is 6.07 Å². The summed E-state index contributed by atoms with van der Waals surface area (Å²) in [4.78, 5) is 11.7. The van der Waals surface area contributed by atoms with Crippen molar-refractivity contribution in [3.05, 3.63) is 34.1 Å². The van der Waals surface area contributed by atoms with Crippen molar-refractivity contribution in [3.63, 3.8) is 0 Å². The minimum atomic E-state index is -0.403. The van der Waals surface area contributed by atoms with E-state index < -0.39 is 6.10 Å². The molecule has 1 heterocycles. The molecule has 2 atom stereocenters. The van der Waals surface area contributed by atoms with E-state index >= 15 is 0 Å². The van der Waals surface area contributed by atoms with Gasteiger partial charge in [0.25, 0.3) is 0 Å². The zero-order chi connectivity index (χ0) is 13.8. The maximum atomic E-state index is 13.0. The summed E-state index contributed by atoms with van der Waals surface area (Å²) in [5.74, 6) is -0.411. The Bertz CT molecular complexity index is 476. The van der Waals surface area contributed by atoms with Crippen LogP contribution in [0.25, 0.3) is 0 Å². The number of nitrogens with one attached hydrogen (secondary N) is 2. The Kier molecular flexibility index (Phi) is 6.88. The van der Waals surface area contributed by atoms with Gasteiger partial charge in [-0.05, 0) is 33.6 Å². The first-order chi connectivity index (χ1) is 9.06. The molecule has 0 radical (unpaired) electrons. The van der Waals surface area contributed by atoms with Crippen LogP contribution in [-0.2, 0) is 11.2 Å². The number of benzene rings is 1. The van der Waals surface area contributed by atoms with Gasteiger partial charge in [0, 0.05) is 25.6 Å². The quantitative estimate of drug-likeness (QED) is 0.750. The molecule has 2 rings (SSSR count). The molecular weight excluding hydrogens is 351 g/mol. The van der Waals surface area contributed by atoms with Crippen LogP contribution in [0.1, 0.15) is 5.56 Å². The van der Waals surface area contributed by atoms with E-state index in [1.54, 1.807) is 12.1 Å². The molecule has 1 saturated heterocycles. The molecule has 7 heteroatoms. The maximum absolute atomic E-state index is 13.0. The van der Waals surface area contributed by atoms with Crippen molar-refractivity contribution in [1.29, 1.82) is 0 Å². The van der Waals surface area contributed by atoms with Crippen molar-refractivity contribution in [2.45, 2.75) is 12.5 Å². The van der Waals surface area contributed by atoms with Crippen molar-refractivity contribution in [3.8, 4) is 0 Å². The number of halogens is 3. The fourth-order valence-corrected chi connectivity index (χ4v) is 2.50. The van der Waals surface area contributed by atoms with E-state index in [-0.39, 0.29) is 36.5 Å². The minimum Gasteiger partial charge on any atom is -0.391 e. The number of hydrogen-bond acceptors (Lipinski definition) is 3. The van der Waals surface area contributed by atoms with Crippen LogP contribution >= 0.6 is 28.3 Å². The molecule has 1 aliphatic rings. The lowest BCUT2D eigenvalue weighted by molar-refractivity contribution is -0.120. The molecule has 4 nitrogen and oxygen atoms in total. The molecule has 112 valence electrons. The van der Waals surface area contributed by atoms with Gasteiger partial charge in [0.05, 0.1) is 17.0 Å². The van der Waals surface area contributed by atoms with E-state index in [1.807, 2.05) is 0 Å². The highest BCUT2D eigenvalue weighted by atomic mass is 79.9. The van der Waals surface area contributed by atoms with E-state index in [9.17, 15) is 14.3 Å². The number of amides is 1. The predicted molar refractivity (Wildman–Crippen MR) is 80.4 cm³/mol. The number of carbonyl (C=O) groups excluding carboxylic acids is 1. The fraction of sp³-hybridized carbons (Fsp3) is 0.462. The molecule has 1 fully saturated rings. The molecule has 1 aromatic carbocycles. The van der Waals surface area contributed by atoms with Gasteiger partial charge in [0.2, 0.25) is 5.91 Å². The van der Waals surface area contributed by atoms with Crippen LogP contribution in [0.15, 0.2) is 22.7 Å². The van der Waals surface area contributed by atoms with Crippen molar-refractivity contribution in [2.24, 2.45) is 5.92 Å². The van der Waals surface area contributed by atoms with E-state index in [1.165, 1.54) is 6.07 Å². The standard InChI is InChI=1S/C13H16BrFN2O2.ClH/c14-10-3-8(1-2-11(10)15)4-13(19)17-6-9-5-16-7-12(9)18;/h1-3,9,12,16,18H,4-7H2,(H,17,19);1H. The summed E-state index contributed by atoms with van der Waals surface area (Å²) < 4.78 is 13.4. The SMILES string of the molecule is Cl.O=C(Cc1ccc(F)c(Br)c1)NCC1CNCC1O. The first-order valence-corrected chi connectivity index (χ1v) is 6.95. The Morgan fingerprint density at radius 2 is 2.25 bits per heavy atom. The van der Waals surface area contributed by atoms with Crippen LogP contribution in [0, 0.1) is 11.7 Å². The summed E-state index contributed by atoms with van der Waals surface area (Å²) in [7, 11) is 0. The van der Waals surface area contributed by atoms with Crippen LogP contribution in [0.5, 0.6) is 0 Å². The van der Waals surface area contributed by atoms with Gasteiger partial charge >= 0.3 is 0 Å². The fourth-order valence-electron chi connectivity index (χ4n) is 2.07. The predicted octanol–water partition coefficient (Wildman–Crippen LogP) is 1.25. The lowest BCUT2D eigenvalue weighted by Crippen LogP contribution is -2.35. The average molecular weight is 368 g/mol. The third kappa shape index (κ3) is 4.70. The lowest BCUT2D eigenvalue weighted by Gasteiger charge is -2.14. The Balaban J connectivity index is 0.00000200. The maximum Gasteiger partial charge on any atom is 0.224 e. The molecule has 1 amide bonds. The van der Waals surface area contributed by atoms with E-state index in [0.717, 1.165) is 5.56 Å². The first kappa shape index (κ1) is 17.4. The number of rotatable bonds is 4. The molecule has 0 spiro atoms. The van der Waals surface area contributed by atoms with E-state index in [4.69, 9.17) is 0 Å². The van der Waals surface area contributed by atoms with Crippen molar-refractivity contribution < 1.29 is 14.3 Å². The van der Waals surface area contributed by atoms with Crippen molar-refractivity contribution in [2.75, 3.05) is 19.6 Å². The highest BCUT2D eigenvalue weighted by Crippen LogP contribution is 2.17. The number of β-amino-alcohol motifs (C(OH)–C–C–N with tert-alkyl or cyclic N) is 1. The van der Waals surface area contributed by atoms with Gasteiger partial charge in [0.1, 0.15) is 5.82 Å². The van der Waals surface area contributed by atoms with Gasteiger partial charge in [0.15, 0.2) is 0 Å². The van der Waals surface area contributed by atoms with Gasteiger partial charge < -0.3 is 15.7 Å². The monoisotopic (exact) mass is 366 g/mol. The zero-order valence-electron chi connectivity index (χ0n) is 10.7. The lowest BCUT2D eigenvalue weighted by atomic mass is 10.1. The van der Waals surface area contributed by atoms with E-state index in [0.29, 0.717) is 24.1 Å².